The van der Waals surface area contributed by atoms with E-state index >= 15 is 0 Å². The molecule has 3 N–H and O–H groups in total. The van der Waals surface area contributed by atoms with Crippen LogP contribution in [0.2, 0.25) is 0 Å². The van der Waals surface area contributed by atoms with Gasteiger partial charge >= 0.3 is 6.03 Å². The van der Waals surface area contributed by atoms with Crippen molar-refractivity contribution >= 4 is 33.3 Å². The topological polar surface area (TPSA) is 164 Å². The van der Waals surface area contributed by atoms with E-state index in [0.717, 1.165) is 0 Å². The van der Waals surface area contributed by atoms with Gasteiger partial charge in [-0.2, -0.15) is 0 Å². The number of amides is 3. The van der Waals surface area contributed by atoms with Gasteiger partial charge in [-0.25, -0.2) is 13.2 Å². The van der Waals surface area contributed by atoms with Gasteiger partial charge in [0.1, 0.15) is 23.3 Å². The maximum Gasteiger partial charge on any atom is 0.321 e. The molecule has 0 fully saturated rings. The molecule has 43 heavy (non-hydrogen) atoms. The average molecular weight is 616 g/mol. The van der Waals surface area contributed by atoms with Gasteiger partial charge in [0.15, 0.2) is 10.7 Å². The number of urea groups is 1. The van der Waals surface area contributed by atoms with E-state index in [9.17, 15) is 23.1 Å². The minimum absolute atomic E-state index is 0.0813. The second kappa shape index (κ2) is 12.9. The molecule has 0 unspecified atom stereocenters. The van der Waals surface area contributed by atoms with E-state index in [1.807, 2.05) is 6.92 Å². The first kappa shape index (κ1) is 31.6. The maximum absolute atomic E-state index is 13.7. The lowest BCUT2D eigenvalue weighted by atomic mass is 9.99. The van der Waals surface area contributed by atoms with E-state index in [1.165, 1.54) is 41.8 Å². The van der Waals surface area contributed by atoms with Crippen molar-refractivity contribution in [2.75, 3.05) is 43.9 Å². The number of fused-ring (bicyclic) bond motifs is 1. The molecule has 0 saturated heterocycles. The molecule has 3 amide bonds. The molecule has 0 aliphatic carbocycles. The average Bonchev–Trinajstić information content (AvgIpc) is 3.33. The van der Waals surface area contributed by atoms with Crippen LogP contribution in [0.15, 0.2) is 51.9 Å². The number of aliphatic hydroxyl groups is 1. The fourth-order valence-electron chi connectivity index (χ4n) is 4.81. The zero-order valence-electron chi connectivity index (χ0n) is 24.9. The highest BCUT2D eigenvalue weighted by molar-refractivity contribution is 7.92. The van der Waals surface area contributed by atoms with E-state index in [2.05, 4.69) is 15.2 Å². The van der Waals surface area contributed by atoms with Crippen LogP contribution in [0.3, 0.4) is 0 Å². The van der Waals surface area contributed by atoms with Gasteiger partial charge in [0.05, 0.1) is 31.9 Å². The van der Waals surface area contributed by atoms with Crippen molar-refractivity contribution in [1.29, 1.82) is 0 Å². The Morgan fingerprint density at radius 1 is 1.21 bits per heavy atom. The van der Waals surface area contributed by atoms with Crippen LogP contribution in [0.4, 0.5) is 16.2 Å². The van der Waals surface area contributed by atoms with Gasteiger partial charge in [-0.05, 0) is 63.2 Å². The zero-order valence-corrected chi connectivity index (χ0v) is 25.8. The Bertz CT molecular complexity index is 1550. The number of benzene rings is 2. The lowest BCUT2D eigenvalue weighted by molar-refractivity contribution is 0.0371. The molecule has 0 bridgehead atoms. The second-order valence-electron chi connectivity index (χ2n) is 10.6. The molecule has 4 rings (SSSR count). The Morgan fingerprint density at radius 2 is 1.88 bits per heavy atom. The van der Waals surface area contributed by atoms with Crippen LogP contribution in [-0.2, 0) is 10.0 Å². The number of aliphatic hydroxyl groups excluding tert-OH is 1. The maximum atomic E-state index is 13.7. The van der Waals surface area contributed by atoms with Crippen molar-refractivity contribution in [3.05, 3.63) is 59.5 Å². The molecule has 0 spiro atoms. The smallest absolute Gasteiger partial charge is 0.321 e. The van der Waals surface area contributed by atoms with Crippen LogP contribution in [0.5, 0.6) is 11.5 Å². The van der Waals surface area contributed by atoms with E-state index < -0.39 is 28.1 Å². The Balaban J connectivity index is 1.61. The number of carbonyl (C=O) groups is 2. The summed E-state index contributed by atoms with van der Waals surface area (Å²) in [6.45, 7) is 6.78. The highest BCUT2D eigenvalue weighted by Gasteiger charge is 2.34. The first-order chi connectivity index (χ1) is 20.3. The summed E-state index contributed by atoms with van der Waals surface area (Å²) in [6, 6.07) is 10.5. The molecule has 13 nitrogen and oxygen atoms in total. The van der Waals surface area contributed by atoms with E-state index in [1.54, 1.807) is 45.3 Å². The number of hydrogen-bond donors (Lipinski definition) is 3. The molecule has 2 aromatic carbocycles. The largest absolute Gasteiger partial charge is 0.497 e. The first-order valence-electron chi connectivity index (χ1n) is 13.7. The predicted octanol–water partition coefficient (Wildman–Crippen LogP) is 3.48. The molecule has 0 saturated carbocycles. The summed E-state index contributed by atoms with van der Waals surface area (Å²) in [4.78, 5) is 29.7. The van der Waals surface area contributed by atoms with Gasteiger partial charge < -0.3 is 34.2 Å². The first-order valence-corrected chi connectivity index (χ1v) is 15.2. The lowest BCUT2D eigenvalue weighted by Crippen LogP contribution is -2.50. The summed E-state index contributed by atoms with van der Waals surface area (Å²) in [5, 5.41) is 16.5. The Morgan fingerprint density at radius 3 is 2.49 bits per heavy atom. The third-order valence-electron chi connectivity index (χ3n) is 7.30. The van der Waals surface area contributed by atoms with Crippen molar-refractivity contribution in [3.63, 3.8) is 0 Å². The summed E-state index contributed by atoms with van der Waals surface area (Å²) < 4.78 is 45.2. The highest BCUT2D eigenvalue weighted by atomic mass is 32.2. The summed E-state index contributed by atoms with van der Waals surface area (Å²) >= 11 is 0. The van der Waals surface area contributed by atoms with Gasteiger partial charge in [0, 0.05) is 30.9 Å². The predicted molar refractivity (Wildman–Crippen MR) is 159 cm³/mol. The Kier molecular flexibility index (Phi) is 9.50. The zero-order chi connectivity index (χ0) is 31.5. The number of nitrogens with zero attached hydrogens (tertiary/aromatic N) is 3. The fourth-order valence-corrected chi connectivity index (χ4v) is 6.20. The number of aromatic nitrogens is 1. The summed E-state index contributed by atoms with van der Waals surface area (Å²) in [6.07, 6.45) is -0.545. The number of aryl methyl sites for hydroxylation is 2. The number of ether oxygens (including phenoxy) is 2. The van der Waals surface area contributed by atoms with Crippen LogP contribution in [-0.4, -0.2) is 86.4 Å². The number of likely N-dealkylation sites (N-methyl/N-ethyl adjacent to an activating group) is 1. The SMILES string of the molecule is COc1ccc(NC(=O)N(C)C[C@@H]2Oc3ccc(NS(=O)(=O)c4c(C)noc4C)cc3C(=O)N([C@H](C)CO)C[C@@H]2C)cc1. The number of methoxy groups -OCH3 is 1. The van der Waals surface area contributed by atoms with Gasteiger partial charge in [-0.15, -0.1) is 0 Å². The molecule has 1 aliphatic heterocycles. The van der Waals surface area contributed by atoms with Crippen molar-refractivity contribution < 1.29 is 37.1 Å². The second-order valence-corrected chi connectivity index (χ2v) is 12.3. The molecule has 3 aromatic rings. The third-order valence-corrected chi connectivity index (χ3v) is 8.92. The van der Waals surface area contributed by atoms with Gasteiger partial charge in [0.25, 0.3) is 15.9 Å². The normalized spacial score (nSPS) is 17.7. The molecule has 14 heteroatoms. The van der Waals surface area contributed by atoms with Crippen molar-refractivity contribution in [1.82, 2.24) is 15.0 Å². The number of anilines is 2. The third kappa shape index (κ3) is 7.03. The molecule has 1 aliphatic rings. The van der Waals surface area contributed by atoms with E-state index in [4.69, 9.17) is 14.0 Å². The van der Waals surface area contributed by atoms with Crippen LogP contribution in [0.1, 0.15) is 35.7 Å². The highest BCUT2D eigenvalue weighted by Crippen LogP contribution is 2.32. The molecule has 2 heterocycles. The molecule has 232 valence electrons. The number of carbonyl (C=O) groups excluding carboxylic acids is 2. The monoisotopic (exact) mass is 615 g/mol. The number of hydrogen-bond acceptors (Lipinski definition) is 9. The van der Waals surface area contributed by atoms with E-state index in [0.29, 0.717) is 11.4 Å². The minimum Gasteiger partial charge on any atom is -0.497 e. The van der Waals surface area contributed by atoms with Crippen molar-refractivity contribution in [2.24, 2.45) is 5.92 Å². The molecular formula is C29H37N5O8S. The molecule has 3 atom stereocenters. The van der Waals surface area contributed by atoms with Crippen molar-refractivity contribution in [2.45, 2.75) is 44.7 Å². The molecule has 0 radical (unpaired) electrons. The minimum atomic E-state index is -4.07. The standard InChI is InChI=1S/C29H37N5O8S/c1-17-14-34(18(2)16-35)28(36)24-13-22(32-43(38,39)27-19(3)31-42-20(27)4)9-12-25(24)41-26(17)15-33(5)29(37)30-21-7-10-23(40-6)11-8-21/h7-13,17-18,26,32,35H,14-16H2,1-6H3,(H,30,37)/t17-,18+,26-/m0/s1. The van der Waals surface area contributed by atoms with Gasteiger partial charge in [-0.1, -0.05) is 12.1 Å². The number of sulfonamides is 1. The Hall–Kier alpha value is -4.30. The quantitative estimate of drug-likeness (QED) is 0.327. The van der Waals surface area contributed by atoms with Crippen LogP contribution in [0.25, 0.3) is 0 Å². The van der Waals surface area contributed by atoms with Crippen molar-refractivity contribution in [3.8, 4) is 11.5 Å². The summed E-state index contributed by atoms with van der Waals surface area (Å²) in [5.41, 5.74) is 1.04. The molecular weight excluding hydrogens is 578 g/mol. The Labute approximate surface area is 250 Å². The number of nitrogens with one attached hydrogen (secondary N) is 2. The lowest BCUT2D eigenvalue weighted by Gasteiger charge is -2.38. The van der Waals surface area contributed by atoms with Gasteiger partial charge in [0.2, 0.25) is 0 Å². The fraction of sp³-hybridized carbons (Fsp3) is 0.414. The van der Waals surface area contributed by atoms with Gasteiger partial charge in [-0.3, -0.25) is 9.52 Å². The van der Waals surface area contributed by atoms with Crippen LogP contribution < -0.4 is 19.5 Å². The summed E-state index contributed by atoms with van der Waals surface area (Å²) in [7, 11) is -0.871. The molecule has 1 aromatic heterocycles. The van der Waals surface area contributed by atoms with Crippen LogP contribution >= 0.6 is 0 Å². The van der Waals surface area contributed by atoms with E-state index in [-0.39, 0.29) is 65.0 Å². The summed E-state index contributed by atoms with van der Waals surface area (Å²) in [5.74, 6) is 0.361. The number of rotatable bonds is 9. The van der Waals surface area contributed by atoms with Crippen LogP contribution in [0, 0.1) is 19.8 Å².